The maximum absolute atomic E-state index is 12.6. The summed E-state index contributed by atoms with van der Waals surface area (Å²) in [5.41, 5.74) is 2.60. The van der Waals surface area contributed by atoms with Crippen molar-refractivity contribution in [1.29, 1.82) is 0 Å². The monoisotopic (exact) mass is 352 g/mol. The summed E-state index contributed by atoms with van der Waals surface area (Å²) in [5, 5.41) is 10.1. The Kier molecular flexibility index (Phi) is 3.79. The molecule has 7 heteroatoms. The van der Waals surface area contributed by atoms with Gasteiger partial charge in [-0.1, -0.05) is 18.2 Å². The van der Waals surface area contributed by atoms with E-state index < -0.39 is 0 Å². The fourth-order valence-electron chi connectivity index (χ4n) is 3.72. The maximum Gasteiger partial charge on any atom is 0.277 e. The highest BCUT2D eigenvalue weighted by atomic mass is 16.4. The maximum atomic E-state index is 12.6. The SMILES string of the molecule is Cc1n[nH]c(=O)c2c(NC(=O)CN3c4ccccc4C[C@H]3C)oc(C)c12. The first-order valence-corrected chi connectivity index (χ1v) is 8.58. The zero-order chi connectivity index (χ0) is 18.4. The third kappa shape index (κ3) is 2.56. The van der Waals surface area contributed by atoms with Gasteiger partial charge in [-0.25, -0.2) is 5.10 Å². The zero-order valence-corrected chi connectivity index (χ0v) is 14.9. The normalized spacial score (nSPS) is 16.1. The van der Waals surface area contributed by atoms with Crippen molar-refractivity contribution in [3.05, 3.63) is 51.6 Å². The first-order valence-electron chi connectivity index (χ1n) is 8.58. The number of nitrogens with one attached hydrogen (secondary N) is 2. The highest BCUT2D eigenvalue weighted by Crippen LogP contribution is 2.32. The molecular formula is C19H20N4O3. The summed E-state index contributed by atoms with van der Waals surface area (Å²) >= 11 is 0. The van der Waals surface area contributed by atoms with E-state index in [0.717, 1.165) is 12.1 Å². The van der Waals surface area contributed by atoms with Crippen molar-refractivity contribution in [1.82, 2.24) is 10.2 Å². The largest absolute Gasteiger partial charge is 0.444 e. The molecule has 1 amide bonds. The van der Waals surface area contributed by atoms with E-state index in [9.17, 15) is 9.59 Å². The molecule has 0 unspecified atom stereocenters. The number of carbonyl (C=O) groups excluding carboxylic acids is 1. The highest BCUT2D eigenvalue weighted by molar-refractivity contribution is 6.02. The van der Waals surface area contributed by atoms with Crippen molar-refractivity contribution in [3.8, 4) is 0 Å². The van der Waals surface area contributed by atoms with Crippen molar-refractivity contribution < 1.29 is 9.21 Å². The van der Waals surface area contributed by atoms with Gasteiger partial charge in [-0.15, -0.1) is 0 Å². The van der Waals surface area contributed by atoms with E-state index in [1.807, 2.05) is 18.2 Å². The van der Waals surface area contributed by atoms with Crippen LogP contribution in [0.15, 0.2) is 33.5 Å². The van der Waals surface area contributed by atoms with Crippen LogP contribution in [0.25, 0.3) is 10.8 Å². The number of hydrogen-bond acceptors (Lipinski definition) is 5. The van der Waals surface area contributed by atoms with Crippen LogP contribution < -0.4 is 15.8 Å². The lowest BCUT2D eigenvalue weighted by atomic mass is 10.1. The van der Waals surface area contributed by atoms with Crippen molar-refractivity contribution in [2.75, 3.05) is 16.8 Å². The molecule has 1 aliphatic rings. The van der Waals surface area contributed by atoms with E-state index in [2.05, 4.69) is 33.4 Å². The fourth-order valence-corrected chi connectivity index (χ4v) is 3.72. The first-order chi connectivity index (χ1) is 12.5. The molecule has 0 bridgehead atoms. The van der Waals surface area contributed by atoms with E-state index in [4.69, 9.17) is 4.42 Å². The number of benzene rings is 1. The van der Waals surface area contributed by atoms with Crippen LogP contribution in [0.2, 0.25) is 0 Å². The Morgan fingerprint density at radius 2 is 2.12 bits per heavy atom. The minimum atomic E-state index is -0.377. The molecule has 0 radical (unpaired) electrons. The number of anilines is 2. The third-order valence-corrected chi connectivity index (χ3v) is 4.91. The molecule has 0 fully saturated rings. The Hall–Kier alpha value is -3.09. The number of aryl methyl sites for hydroxylation is 2. The van der Waals surface area contributed by atoms with Crippen LogP contribution in [-0.4, -0.2) is 28.7 Å². The lowest BCUT2D eigenvalue weighted by Crippen LogP contribution is -2.37. The molecule has 1 atom stereocenters. The number of rotatable bonds is 3. The molecule has 134 valence electrons. The van der Waals surface area contributed by atoms with Crippen LogP contribution >= 0.6 is 0 Å². The Labute approximate surface area is 150 Å². The molecule has 3 heterocycles. The van der Waals surface area contributed by atoms with Crippen molar-refractivity contribution in [2.24, 2.45) is 0 Å². The number of fused-ring (bicyclic) bond motifs is 2. The number of furan rings is 1. The number of H-pyrrole nitrogens is 1. The molecule has 2 aromatic heterocycles. The zero-order valence-electron chi connectivity index (χ0n) is 14.9. The summed E-state index contributed by atoms with van der Waals surface area (Å²) in [6.07, 6.45) is 0.913. The van der Waals surface area contributed by atoms with Gasteiger partial charge in [0, 0.05) is 11.7 Å². The Bertz CT molecular complexity index is 1070. The average Bonchev–Trinajstić information content (AvgIpc) is 3.09. The van der Waals surface area contributed by atoms with Crippen LogP contribution in [0.3, 0.4) is 0 Å². The Balaban J connectivity index is 1.61. The predicted octanol–water partition coefficient (Wildman–Crippen LogP) is 2.52. The number of aromatic nitrogens is 2. The van der Waals surface area contributed by atoms with Gasteiger partial charge in [0.15, 0.2) is 0 Å². The van der Waals surface area contributed by atoms with Gasteiger partial charge in [-0.05, 0) is 38.8 Å². The van der Waals surface area contributed by atoms with Gasteiger partial charge in [0.05, 0.1) is 17.6 Å². The van der Waals surface area contributed by atoms with E-state index in [-0.39, 0.29) is 29.9 Å². The smallest absolute Gasteiger partial charge is 0.277 e. The number of amides is 1. The minimum absolute atomic E-state index is 0.175. The van der Waals surface area contributed by atoms with Gasteiger partial charge < -0.3 is 9.32 Å². The third-order valence-electron chi connectivity index (χ3n) is 4.91. The number of aromatic amines is 1. The highest BCUT2D eigenvalue weighted by Gasteiger charge is 2.28. The molecule has 0 spiro atoms. The molecule has 26 heavy (non-hydrogen) atoms. The number of hydrogen-bond donors (Lipinski definition) is 2. The number of nitrogens with zero attached hydrogens (tertiary/aromatic N) is 2. The Morgan fingerprint density at radius 3 is 2.92 bits per heavy atom. The summed E-state index contributed by atoms with van der Waals surface area (Å²) in [6, 6.07) is 8.33. The summed E-state index contributed by atoms with van der Waals surface area (Å²) in [6.45, 7) is 5.83. The van der Waals surface area contributed by atoms with Crippen molar-refractivity contribution in [3.63, 3.8) is 0 Å². The van der Waals surface area contributed by atoms with Gasteiger partial charge in [-0.3, -0.25) is 14.9 Å². The van der Waals surface area contributed by atoms with Crippen molar-refractivity contribution >= 4 is 28.3 Å². The standard InChI is InChI=1S/C19H20N4O3/c1-10-8-13-6-4-5-7-14(13)23(10)9-15(24)20-19-17-16(12(3)26-19)11(2)21-22-18(17)25/h4-7,10H,8-9H2,1-3H3,(H,20,24)(H,22,25)/t10-/m1/s1. The lowest BCUT2D eigenvalue weighted by Gasteiger charge is -2.23. The number of para-hydroxylation sites is 1. The summed E-state index contributed by atoms with van der Waals surface area (Å²) in [7, 11) is 0. The van der Waals surface area contributed by atoms with Crippen LogP contribution in [0.1, 0.15) is 23.9 Å². The molecule has 0 saturated heterocycles. The van der Waals surface area contributed by atoms with Crippen LogP contribution in [0, 0.1) is 13.8 Å². The number of carbonyl (C=O) groups is 1. The molecule has 0 saturated carbocycles. The van der Waals surface area contributed by atoms with Gasteiger partial charge in [0.2, 0.25) is 11.8 Å². The van der Waals surface area contributed by atoms with Crippen LogP contribution in [0.4, 0.5) is 11.6 Å². The molecule has 2 N–H and O–H groups in total. The van der Waals surface area contributed by atoms with E-state index >= 15 is 0 Å². The molecular weight excluding hydrogens is 332 g/mol. The van der Waals surface area contributed by atoms with Crippen LogP contribution in [0.5, 0.6) is 0 Å². The summed E-state index contributed by atoms with van der Waals surface area (Å²) in [4.78, 5) is 26.9. The fraction of sp³-hybridized carbons (Fsp3) is 0.316. The van der Waals surface area contributed by atoms with Gasteiger partial charge in [-0.2, -0.15) is 5.10 Å². The van der Waals surface area contributed by atoms with E-state index in [1.165, 1.54) is 5.56 Å². The second-order valence-corrected chi connectivity index (χ2v) is 6.73. The summed E-state index contributed by atoms with van der Waals surface area (Å²) < 4.78 is 5.65. The second-order valence-electron chi connectivity index (χ2n) is 6.73. The minimum Gasteiger partial charge on any atom is -0.444 e. The molecule has 4 rings (SSSR count). The Morgan fingerprint density at radius 1 is 1.35 bits per heavy atom. The van der Waals surface area contributed by atoms with Gasteiger partial charge in [0.25, 0.3) is 5.56 Å². The van der Waals surface area contributed by atoms with Gasteiger partial charge in [0.1, 0.15) is 11.1 Å². The predicted molar refractivity (Wildman–Crippen MR) is 99.7 cm³/mol. The second kappa shape index (κ2) is 6.01. The lowest BCUT2D eigenvalue weighted by molar-refractivity contribution is -0.115. The quantitative estimate of drug-likeness (QED) is 0.756. The molecule has 3 aromatic rings. The molecule has 1 aromatic carbocycles. The molecule has 7 nitrogen and oxygen atoms in total. The van der Waals surface area contributed by atoms with Crippen LogP contribution in [-0.2, 0) is 11.2 Å². The average molecular weight is 352 g/mol. The molecule has 0 aliphatic carbocycles. The van der Waals surface area contributed by atoms with Gasteiger partial charge >= 0.3 is 0 Å². The first kappa shape index (κ1) is 16.4. The van der Waals surface area contributed by atoms with E-state index in [0.29, 0.717) is 22.2 Å². The summed E-state index contributed by atoms with van der Waals surface area (Å²) in [5.74, 6) is 0.513. The molecule has 1 aliphatic heterocycles. The topological polar surface area (TPSA) is 91.2 Å². The van der Waals surface area contributed by atoms with Crippen molar-refractivity contribution in [2.45, 2.75) is 33.2 Å². The van der Waals surface area contributed by atoms with E-state index in [1.54, 1.807) is 13.8 Å².